The molecule has 0 spiro atoms. The molecule has 0 N–H and O–H groups in total. The minimum absolute atomic E-state index is 0. The fourth-order valence-electron chi connectivity index (χ4n) is 4.15. The second kappa shape index (κ2) is 15.5. The fraction of sp³-hybridized carbons (Fsp3) is 0.129. The maximum Gasteiger partial charge on any atom is 0.480 e. The average Bonchev–Trinajstić information content (AvgIpc) is 3.40. The van der Waals surface area contributed by atoms with Crippen molar-refractivity contribution in [3.63, 3.8) is 0 Å². The number of benzene rings is 4. The fourth-order valence-corrected chi connectivity index (χ4v) is 7.07. The smallest absolute Gasteiger partial charge is 0.480 e. The largest absolute Gasteiger partial charge is 0.663 e. The first-order chi connectivity index (χ1) is 20.1. The Balaban J connectivity index is 0.000000233. The number of nitrogens with zero attached hydrogens (tertiary/aromatic N) is 2. The van der Waals surface area contributed by atoms with Crippen LogP contribution in [0.25, 0.3) is 15.6 Å². The number of halogens is 3. The maximum atomic E-state index is 12.4. The van der Waals surface area contributed by atoms with Crippen molar-refractivity contribution in [2.75, 3.05) is 7.11 Å². The molecule has 5 rings (SSSR count). The van der Waals surface area contributed by atoms with Crippen LogP contribution in [-0.2, 0) is 48.4 Å². The third-order valence-corrected chi connectivity index (χ3v) is 9.66. The first-order valence-electron chi connectivity index (χ1n) is 12.7. The molecule has 0 amide bonds. The third-order valence-electron chi connectivity index (χ3n) is 6.10. The molecule has 1 radical (unpaired) electrons. The molecular weight excluding hydrogens is 781 g/mol. The Labute approximate surface area is 265 Å². The minimum Gasteiger partial charge on any atom is -0.663 e. The molecule has 0 bridgehead atoms. The minimum atomic E-state index is -5.80. The van der Waals surface area contributed by atoms with E-state index in [0.717, 1.165) is 7.11 Å². The van der Waals surface area contributed by atoms with Gasteiger partial charge < -0.3 is 14.4 Å². The second-order valence-electron chi connectivity index (χ2n) is 8.91. The van der Waals surface area contributed by atoms with Crippen molar-refractivity contribution >= 4 is 50.7 Å². The van der Waals surface area contributed by atoms with Crippen LogP contribution in [0.15, 0.2) is 121 Å². The molecule has 12 heteroatoms. The number of alkyl halides is 3. The summed E-state index contributed by atoms with van der Waals surface area (Å²) in [5, 5.41) is 4.79. The van der Waals surface area contributed by atoms with Crippen LogP contribution in [0.2, 0.25) is 0 Å². The van der Waals surface area contributed by atoms with Crippen molar-refractivity contribution in [2.24, 2.45) is 0 Å². The zero-order valence-corrected chi connectivity index (χ0v) is 26.5. The molecular formula is C31H26AuF3N2O4PS-2. The summed E-state index contributed by atoms with van der Waals surface area (Å²) in [4.78, 5) is 15.6. The monoisotopic (exact) mass is 807 g/mol. The number of rotatable bonds is 8. The van der Waals surface area contributed by atoms with Crippen LogP contribution < -0.4 is 20.9 Å². The van der Waals surface area contributed by atoms with Crippen molar-refractivity contribution in [3.8, 4) is 0 Å². The number of sulfonamides is 1. The van der Waals surface area contributed by atoms with Crippen molar-refractivity contribution in [3.05, 3.63) is 132 Å². The molecule has 1 aromatic heterocycles. The molecule has 6 nitrogen and oxygen atoms in total. The molecule has 1 atom stereocenters. The Bertz CT molecular complexity index is 1610. The van der Waals surface area contributed by atoms with Crippen LogP contribution in [0.4, 0.5) is 13.2 Å². The molecule has 0 saturated carbocycles. The Hall–Kier alpha value is -3.24. The predicted octanol–water partition coefficient (Wildman–Crippen LogP) is 5.55. The summed E-state index contributed by atoms with van der Waals surface area (Å²) in [6.45, 7) is 0. The molecule has 229 valence electrons. The van der Waals surface area contributed by atoms with E-state index in [4.69, 9.17) is 0 Å². The van der Waals surface area contributed by atoms with Crippen molar-refractivity contribution in [2.45, 2.75) is 18.0 Å². The van der Waals surface area contributed by atoms with E-state index in [1.54, 1.807) is 24.3 Å². The van der Waals surface area contributed by atoms with Gasteiger partial charge in [-0.15, -0.1) is 5.52 Å². The zero-order valence-electron chi connectivity index (χ0n) is 22.6. The summed E-state index contributed by atoms with van der Waals surface area (Å²) in [6.07, 6.45) is 0.985. The van der Waals surface area contributed by atoms with Crippen molar-refractivity contribution in [1.82, 2.24) is 4.98 Å². The molecule has 0 aliphatic heterocycles. The molecule has 0 aliphatic rings. The molecule has 43 heavy (non-hydrogen) atoms. The van der Waals surface area contributed by atoms with Gasteiger partial charge in [0, 0.05) is 22.4 Å². The second-order valence-corrected chi connectivity index (χ2v) is 12.8. The summed E-state index contributed by atoms with van der Waals surface area (Å²) >= 11 is 0. The van der Waals surface area contributed by atoms with Gasteiger partial charge in [-0.1, -0.05) is 121 Å². The molecule has 0 saturated heterocycles. The summed E-state index contributed by atoms with van der Waals surface area (Å²) in [6, 6.07) is 37.2. The Kier molecular flexibility index (Phi) is 12.3. The number of ether oxygens (including phenoxy) is 1. The average molecular weight is 808 g/mol. The van der Waals surface area contributed by atoms with Crippen LogP contribution in [0.3, 0.4) is 0 Å². The zero-order chi connectivity index (χ0) is 30.2. The predicted molar refractivity (Wildman–Crippen MR) is 160 cm³/mol. The van der Waals surface area contributed by atoms with E-state index in [1.165, 1.54) is 22.1 Å². The van der Waals surface area contributed by atoms with Gasteiger partial charge in [-0.2, -0.15) is 19.4 Å². The SMILES string of the molecule is COC(=O)[C@@H](Cc1c[n-]c2ccccc12)[N-]S(=O)(=O)C(F)(F)F.[Au].c1ccc(P(c2ccccc2)c2ccccc2)cc1. The summed E-state index contributed by atoms with van der Waals surface area (Å²) in [5.41, 5.74) is -4.60. The number of hydrogen-bond donors (Lipinski definition) is 0. The molecule has 4 aromatic carbocycles. The van der Waals surface area contributed by atoms with Gasteiger partial charge in [0.1, 0.15) is 0 Å². The van der Waals surface area contributed by atoms with Gasteiger partial charge in [-0.25, -0.2) is 8.42 Å². The number of esters is 1. The Morgan fingerprint density at radius 1 is 0.814 bits per heavy atom. The van der Waals surface area contributed by atoms with Crippen LogP contribution in [0.5, 0.6) is 0 Å². The van der Waals surface area contributed by atoms with E-state index in [9.17, 15) is 26.4 Å². The number of carbonyl (C=O) groups is 1. The van der Waals surface area contributed by atoms with Gasteiger partial charge in [0.05, 0.1) is 7.11 Å². The van der Waals surface area contributed by atoms with Crippen LogP contribution in [0.1, 0.15) is 5.56 Å². The van der Waals surface area contributed by atoms with Crippen molar-refractivity contribution < 1.29 is 53.5 Å². The summed E-state index contributed by atoms with van der Waals surface area (Å²) in [7, 11) is -5.31. The van der Waals surface area contributed by atoms with Gasteiger partial charge in [-0.05, 0) is 41.7 Å². The first kappa shape index (κ1) is 34.3. The van der Waals surface area contributed by atoms with Gasteiger partial charge in [-0.3, -0.25) is 4.79 Å². The number of hydrogen-bond acceptors (Lipinski definition) is 4. The van der Waals surface area contributed by atoms with Gasteiger partial charge in [0.2, 0.25) is 0 Å². The van der Waals surface area contributed by atoms with Gasteiger partial charge in [0.25, 0.3) is 5.97 Å². The van der Waals surface area contributed by atoms with E-state index in [0.29, 0.717) is 16.5 Å². The number of para-hydroxylation sites is 1. The van der Waals surface area contributed by atoms with E-state index in [-0.39, 0.29) is 28.8 Å². The molecule has 0 unspecified atom stereocenters. The molecule has 0 aliphatic carbocycles. The summed E-state index contributed by atoms with van der Waals surface area (Å²) < 4.78 is 66.7. The Morgan fingerprint density at radius 2 is 1.26 bits per heavy atom. The number of carbonyl (C=O) groups excluding carboxylic acids is 1. The normalized spacial score (nSPS) is 12.1. The van der Waals surface area contributed by atoms with E-state index >= 15 is 0 Å². The van der Waals surface area contributed by atoms with Crippen molar-refractivity contribution in [1.29, 1.82) is 0 Å². The number of aromatic nitrogens is 1. The topological polar surface area (TPSA) is 88.6 Å². The van der Waals surface area contributed by atoms with E-state index in [2.05, 4.69) is 105 Å². The van der Waals surface area contributed by atoms with Crippen LogP contribution in [0, 0.1) is 0 Å². The first-order valence-corrected chi connectivity index (χ1v) is 15.4. The maximum absolute atomic E-state index is 12.4. The summed E-state index contributed by atoms with van der Waals surface area (Å²) in [5.74, 6) is -1.18. The van der Waals surface area contributed by atoms with Gasteiger partial charge in [0.15, 0.2) is 10.0 Å². The molecule has 5 aromatic rings. The molecule has 0 fully saturated rings. The quantitative estimate of drug-likeness (QED) is 0.117. The van der Waals surface area contributed by atoms with E-state index < -0.39 is 35.5 Å². The number of fused-ring (bicyclic) bond motifs is 1. The number of methoxy groups -OCH3 is 1. The van der Waals surface area contributed by atoms with Crippen LogP contribution in [-0.4, -0.2) is 33.0 Å². The standard InChI is InChI=1S/C18H15P.C13H11F3N2O4S.Au/c1-4-10-16(11-5-1)19(17-12-6-2-7-13-17)18-14-8-3-9-15-18;1-22-12(19)11(18-23(20,21)13(14,15)16)6-8-7-17-10-5-3-2-4-9(8)10;/h1-15H;2-5,7,11H,6H2,1H3;/q;-2;/t;11-;/m.1./s1. The third kappa shape index (κ3) is 8.89. The Morgan fingerprint density at radius 3 is 1.70 bits per heavy atom. The van der Waals surface area contributed by atoms with E-state index in [1.807, 2.05) is 0 Å². The van der Waals surface area contributed by atoms with Gasteiger partial charge >= 0.3 is 5.51 Å². The molecule has 1 heterocycles. The van der Waals surface area contributed by atoms with Crippen LogP contribution >= 0.6 is 7.92 Å².